The van der Waals surface area contributed by atoms with Gasteiger partial charge in [0.15, 0.2) is 0 Å². The fourth-order valence-corrected chi connectivity index (χ4v) is 7.49. The number of carboxylic acid groups (broad SMARTS) is 1. The number of aryl methyl sites for hydroxylation is 1. The normalized spacial score (nSPS) is 23.4. The van der Waals surface area contributed by atoms with Crippen LogP contribution in [0.25, 0.3) is 0 Å². The van der Waals surface area contributed by atoms with Gasteiger partial charge in [-0.3, -0.25) is 4.48 Å². The summed E-state index contributed by atoms with van der Waals surface area (Å²) in [5.74, 6) is 3.85. The summed E-state index contributed by atoms with van der Waals surface area (Å²) in [5, 5.41) is 9.18. The molecule has 8 heteroatoms. The first kappa shape index (κ1) is 26.2. The topological polar surface area (TPSA) is 92.6 Å². The predicted molar refractivity (Wildman–Crippen MR) is 148 cm³/mol. The van der Waals surface area contributed by atoms with Gasteiger partial charge in [-0.1, -0.05) is 31.7 Å². The third-order valence-corrected chi connectivity index (χ3v) is 9.94. The molecule has 1 aliphatic heterocycles. The Labute approximate surface area is 231 Å². The van der Waals surface area contributed by atoms with E-state index in [0.717, 1.165) is 62.4 Å². The Morgan fingerprint density at radius 2 is 1.82 bits per heavy atom. The third kappa shape index (κ3) is 5.40. The van der Waals surface area contributed by atoms with Crippen LogP contribution in [0.2, 0.25) is 0 Å². The van der Waals surface area contributed by atoms with Crippen LogP contribution in [0.15, 0.2) is 30.5 Å². The molecule has 6 rings (SSSR count). The highest BCUT2D eigenvalue weighted by molar-refractivity contribution is 5.70. The van der Waals surface area contributed by atoms with Gasteiger partial charge in [-0.05, 0) is 55.4 Å². The minimum Gasteiger partial charge on any atom is -0.449 e. The standard InChI is InChI=1S/C31H40N4O4/c1-35(29(36)13-6-21-4-2-3-5-21,27-12-10-22-9-11-25(20-26(22)27)39-31(37)38)24-15-18-34(19-16-24)28-14-17-32-30(33-28)23-7-8-23/h9,11,14,17,20-21,23-24,27H,2-8,10,12-13,15-16,18-19H2,1H3/p+1. The second-order valence-electron chi connectivity index (χ2n) is 12.3. The number of hydrogen-bond donors (Lipinski definition) is 1. The molecule has 3 aliphatic carbocycles. The molecule has 1 amide bonds. The van der Waals surface area contributed by atoms with E-state index in [1.165, 1.54) is 44.1 Å². The number of carbonyl (C=O) groups excluding carboxylic acids is 1. The lowest BCUT2D eigenvalue weighted by molar-refractivity contribution is -0.892. The number of anilines is 1. The fourth-order valence-electron chi connectivity index (χ4n) is 7.49. The number of amides is 1. The number of ether oxygens (including phenoxy) is 1. The van der Waals surface area contributed by atoms with Gasteiger partial charge in [0.25, 0.3) is 0 Å². The molecule has 2 atom stereocenters. The lowest BCUT2D eigenvalue weighted by Gasteiger charge is -2.47. The quantitative estimate of drug-likeness (QED) is 0.252. The summed E-state index contributed by atoms with van der Waals surface area (Å²) in [6.45, 7) is 1.74. The highest BCUT2D eigenvalue weighted by atomic mass is 16.7. The lowest BCUT2D eigenvalue weighted by atomic mass is 9.92. The maximum absolute atomic E-state index is 14.3. The van der Waals surface area contributed by atoms with Gasteiger partial charge < -0.3 is 14.7 Å². The molecule has 3 fully saturated rings. The number of aromatic nitrogens is 2. The minimum atomic E-state index is -1.31. The summed E-state index contributed by atoms with van der Waals surface area (Å²) in [6, 6.07) is 7.84. The average Bonchev–Trinajstić information content (AvgIpc) is 3.50. The van der Waals surface area contributed by atoms with E-state index in [1.54, 1.807) is 6.07 Å². The Morgan fingerprint density at radius 3 is 2.54 bits per heavy atom. The number of fused-ring (bicyclic) bond motifs is 1. The first-order valence-electron chi connectivity index (χ1n) is 14.9. The SMILES string of the molecule is C[N+](C(=O)CCC1CCCC1)(C1CCN(c2ccnc(C3CC3)n2)CC1)C1CCc2ccc(OC(=O)O)cc21. The van der Waals surface area contributed by atoms with Crippen molar-refractivity contribution in [3.05, 3.63) is 47.4 Å². The summed E-state index contributed by atoms with van der Waals surface area (Å²) in [4.78, 5) is 37.2. The summed E-state index contributed by atoms with van der Waals surface area (Å²) >= 11 is 0. The number of hydrogen-bond acceptors (Lipinski definition) is 6. The van der Waals surface area contributed by atoms with Crippen LogP contribution >= 0.6 is 0 Å². The Morgan fingerprint density at radius 1 is 1.05 bits per heavy atom. The molecule has 1 N–H and O–H groups in total. The number of nitrogens with zero attached hydrogens (tertiary/aromatic N) is 4. The van der Waals surface area contributed by atoms with Crippen LogP contribution in [0, 0.1) is 5.92 Å². The van der Waals surface area contributed by atoms with Crippen LogP contribution in [-0.4, -0.2) is 57.8 Å². The monoisotopic (exact) mass is 533 g/mol. The van der Waals surface area contributed by atoms with E-state index < -0.39 is 6.16 Å². The molecular formula is C31H41N4O4+. The van der Waals surface area contributed by atoms with Gasteiger partial charge in [0.05, 0.1) is 19.5 Å². The van der Waals surface area contributed by atoms with Crippen LogP contribution in [-0.2, 0) is 11.2 Å². The van der Waals surface area contributed by atoms with E-state index in [2.05, 4.69) is 16.9 Å². The van der Waals surface area contributed by atoms with E-state index in [0.29, 0.717) is 34.4 Å². The maximum Gasteiger partial charge on any atom is 0.511 e. The molecule has 8 nitrogen and oxygen atoms in total. The van der Waals surface area contributed by atoms with E-state index in [9.17, 15) is 14.7 Å². The zero-order chi connectivity index (χ0) is 27.0. The van der Waals surface area contributed by atoms with Gasteiger partial charge in [0.1, 0.15) is 23.4 Å². The van der Waals surface area contributed by atoms with Crippen molar-refractivity contribution in [1.29, 1.82) is 0 Å². The van der Waals surface area contributed by atoms with Crippen molar-refractivity contribution in [2.24, 2.45) is 5.92 Å². The highest BCUT2D eigenvalue weighted by Gasteiger charge is 2.50. The summed E-state index contributed by atoms with van der Waals surface area (Å²) in [5.41, 5.74) is 2.29. The number of benzene rings is 1. The van der Waals surface area contributed by atoms with Gasteiger partial charge in [-0.25, -0.2) is 19.6 Å². The number of rotatable bonds is 8. The Hall–Kier alpha value is -3.00. The molecule has 2 aromatic rings. The Balaban J connectivity index is 1.24. The van der Waals surface area contributed by atoms with Crippen LogP contribution in [0.1, 0.15) is 99.5 Å². The summed E-state index contributed by atoms with van der Waals surface area (Å²) in [7, 11) is 2.16. The van der Waals surface area contributed by atoms with Gasteiger partial charge in [-0.2, -0.15) is 0 Å². The van der Waals surface area contributed by atoms with Crippen LogP contribution < -0.4 is 9.64 Å². The molecule has 4 aliphatic rings. The fraction of sp³-hybridized carbons (Fsp3) is 0.613. The van der Waals surface area contributed by atoms with E-state index >= 15 is 0 Å². The maximum atomic E-state index is 14.3. The zero-order valence-corrected chi connectivity index (χ0v) is 23.1. The second kappa shape index (κ2) is 10.9. The van der Waals surface area contributed by atoms with Crippen LogP contribution in [0.4, 0.5) is 10.6 Å². The molecule has 208 valence electrons. The molecule has 2 unspecified atom stereocenters. The van der Waals surface area contributed by atoms with Crippen molar-refractivity contribution in [1.82, 2.24) is 9.97 Å². The predicted octanol–water partition coefficient (Wildman–Crippen LogP) is 6.01. The summed E-state index contributed by atoms with van der Waals surface area (Å²) < 4.78 is 5.43. The molecule has 1 saturated heterocycles. The van der Waals surface area contributed by atoms with Crippen molar-refractivity contribution in [2.75, 3.05) is 25.0 Å². The van der Waals surface area contributed by atoms with Crippen LogP contribution in [0.5, 0.6) is 5.75 Å². The zero-order valence-electron chi connectivity index (χ0n) is 23.1. The second-order valence-corrected chi connectivity index (χ2v) is 12.3. The number of quaternary nitrogens is 1. The van der Waals surface area contributed by atoms with Gasteiger partial charge in [0.2, 0.25) is 0 Å². The van der Waals surface area contributed by atoms with Crippen molar-refractivity contribution < 1.29 is 23.9 Å². The van der Waals surface area contributed by atoms with Gasteiger partial charge in [0, 0.05) is 50.0 Å². The number of carbonyl (C=O) groups is 2. The molecule has 1 aromatic heterocycles. The van der Waals surface area contributed by atoms with E-state index in [-0.39, 0.29) is 12.1 Å². The number of piperidine rings is 1. The van der Waals surface area contributed by atoms with Gasteiger partial charge >= 0.3 is 12.1 Å². The van der Waals surface area contributed by atoms with Crippen molar-refractivity contribution in [2.45, 2.75) is 95.1 Å². The molecule has 2 heterocycles. The largest absolute Gasteiger partial charge is 0.511 e. The molecule has 1 aromatic carbocycles. The third-order valence-electron chi connectivity index (χ3n) is 9.94. The van der Waals surface area contributed by atoms with Crippen molar-refractivity contribution in [3.63, 3.8) is 0 Å². The summed E-state index contributed by atoms with van der Waals surface area (Å²) in [6.07, 6.45) is 13.3. The molecular weight excluding hydrogens is 492 g/mol. The molecule has 2 saturated carbocycles. The van der Waals surface area contributed by atoms with E-state index in [1.807, 2.05) is 24.4 Å². The molecule has 0 spiro atoms. The lowest BCUT2D eigenvalue weighted by Crippen LogP contribution is -2.60. The smallest absolute Gasteiger partial charge is 0.449 e. The molecule has 39 heavy (non-hydrogen) atoms. The molecule has 0 bridgehead atoms. The molecule has 0 radical (unpaired) electrons. The highest BCUT2D eigenvalue weighted by Crippen LogP contribution is 2.46. The van der Waals surface area contributed by atoms with Gasteiger partial charge in [-0.15, -0.1) is 0 Å². The minimum absolute atomic E-state index is 0.0190. The average molecular weight is 534 g/mol. The van der Waals surface area contributed by atoms with E-state index in [4.69, 9.17) is 9.72 Å². The Bertz CT molecular complexity index is 1220. The first-order chi connectivity index (χ1) is 18.9. The first-order valence-corrected chi connectivity index (χ1v) is 14.9. The van der Waals surface area contributed by atoms with Crippen LogP contribution in [0.3, 0.4) is 0 Å². The van der Waals surface area contributed by atoms with Crippen molar-refractivity contribution >= 4 is 17.9 Å². The van der Waals surface area contributed by atoms with Crippen molar-refractivity contribution in [3.8, 4) is 5.75 Å². The Kier molecular flexibility index (Phi) is 7.31.